The maximum atomic E-state index is 12.7. The van der Waals surface area contributed by atoms with Gasteiger partial charge in [0.15, 0.2) is 10.6 Å². The van der Waals surface area contributed by atoms with Crippen molar-refractivity contribution in [2.24, 2.45) is 7.05 Å². The number of fused-ring (bicyclic) bond motifs is 2. The first-order valence-electron chi connectivity index (χ1n) is 7.53. The van der Waals surface area contributed by atoms with Crippen molar-refractivity contribution in [2.45, 2.75) is 20.4 Å². The van der Waals surface area contributed by atoms with Crippen molar-refractivity contribution in [3.63, 3.8) is 0 Å². The number of amides is 1. The highest BCUT2D eigenvalue weighted by Crippen LogP contribution is 2.21. The Kier molecular flexibility index (Phi) is 3.34. The molecule has 0 aliphatic carbocycles. The minimum atomic E-state index is -0.141. The molecule has 0 spiro atoms. The molecule has 4 aromatic rings. The maximum absolute atomic E-state index is 12.7. The van der Waals surface area contributed by atoms with Crippen molar-refractivity contribution < 1.29 is 4.79 Å². The summed E-state index contributed by atoms with van der Waals surface area (Å²) in [5, 5.41) is 10.1. The number of rotatable bonds is 3. The van der Waals surface area contributed by atoms with Crippen molar-refractivity contribution in [2.75, 3.05) is 0 Å². The Morgan fingerprint density at radius 3 is 2.96 bits per heavy atom. The van der Waals surface area contributed by atoms with Gasteiger partial charge in [0.05, 0.1) is 28.9 Å². The third-order valence-corrected chi connectivity index (χ3v) is 4.69. The largest absolute Gasteiger partial charge is 0.346 e. The van der Waals surface area contributed by atoms with E-state index in [1.807, 2.05) is 43.1 Å². The molecule has 1 N–H and O–H groups in total. The van der Waals surface area contributed by atoms with Gasteiger partial charge in [-0.3, -0.25) is 13.9 Å². The Bertz CT molecular complexity index is 1040. The number of carbonyl (C=O) groups is 1. The molecule has 7 nitrogen and oxygen atoms in total. The molecule has 0 aromatic carbocycles. The van der Waals surface area contributed by atoms with E-state index in [0.29, 0.717) is 12.1 Å². The van der Waals surface area contributed by atoms with Gasteiger partial charge >= 0.3 is 0 Å². The zero-order valence-corrected chi connectivity index (χ0v) is 14.4. The molecule has 0 fully saturated rings. The van der Waals surface area contributed by atoms with Crippen LogP contribution in [-0.2, 0) is 13.6 Å². The van der Waals surface area contributed by atoms with Crippen molar-refractivity contribution in [3.05, 3.63) is 46.5 Å². The van der Waals surface area contributed by atoms with Gasteiger partial charge in [-0.1, -0.05) is 0 Å². The predicted octanol–water partition coefficient (Wildman–Crippen LogP) is 2.22. The Morgan fingerprint density at radius 1 is 1.33 bits per heavy atom. The summed E-state index contributed by atoms with van der Waals surface area (Å²) in [6.45, 7) is 4.15. The summed E-state index contributed by atoms with van der Waals surface area (Å²) in [5.41, 5.74) is 3.75. The zero-order chi connectivity index (χ0) is 16.8. The molecule has 0 bridgehead atoms. The van der Waals surface area contributed by atoms with Gasteiger partial charge in [-0.15, -0.1) is 11.3 Å². The van der Waals surface area contributed by atoms with Gasteiger partial charge in [0.25, 0.3) is 5.91 Å². The number of nitrogens with one attached hydrogen (secondary N) is 1. The smallest absolute Gasteiger partial charge is 0.252 e. The van der Waals surface area contributed by atoms with Crippen molar-refractivity contribution in [1.82, 2.24) is 29.5 Å². The Balaban J connectivity index is 1.64. The molecule has 0 aliphatic heterocycles. The molecule has 0 saturated heterocycles. The van der Waals surface area contributed by atoms with E-state index in [1.54, 1.807) is 22.1 Å². The minimum Gasteiger partial charge on any atom is -0.346 e. The topological polar surface area (TPSA) is 77.1 Å². The summed E-state index contributed by atoms with van der Waals surface area (Å²) in [7, 11) is 1.83. The Hall–Kier alpha value is -2.74. The lowest BCUT2D eigenvalue weighted by Gasteiger charge is -2.06. The monoisotopic (exact) mass is 340 g/mol. The molecule has 0 aliphatic rings. The highest BCUT2D eigenvalue weighted by Gasteiger charge is 2.17. The molecule has 4 heterocycles. The molecule has 0 radical (unpaired) electrons. The lowest BCUT2D eigenvalue weighted by atomic mass is 10.1. The second kappa shape index (κ2) is 5.41. The number of carbonyl (C=O) groups excluding carboxylic acids is 1. The normalized spacial score (nSPS) is 11.5. The number of hydrogen-bond acceptors (Lipinski definition) is 5. The summed E-state index contributed by atoms with van der Waals surface area (Å²) in [6, 6.07) is 1.80. The van der Waals surface area contributed by atoms with E-state index >= 15 is 0 Å². The van der Waals surface area contributed by atoms with E-state index in [-0.39, 0.29) is 5.91 Å². The average molecular weight is 340 g/mol. The standard InChI is InChI=1S/C16H16N6OS/c1-9-6-12(13-10(2)20-21(3)14(13)18-9)15(23)17-7-11-8-22-4-5-24-16(22)19-11/h4-6,8H,7H2,1-3H3,(H,17,23). The SMILES string of the molecule is Cc1cc(C(=O)NCc2cn3ccsc3n2)c2c(C)nn(C)c2n1. The van der Waals surface area contributed by atoms with E-state index in [2.05, 4.69) is 20.4 Å². The quantitative estimate of drug-likeness (QED) is 0.620. The molecule has 4 rings (SSSR count). The van der Waals surface area contributed by atoms with Crippen LogP contribution in [0.3, 0.4) is 0 Å². The predicted molar refractivity (Wildman–Crippen MR) is 92.2 cm³/mol. The van der Waals surface area contributed by atoms with Crippen LogP contribution in [0.1, 0.15) is 27.4 Å². The van der Waals surface area contributed by atoms with E-state index in [9.17, 15) is 4.79 Å². The molecule has 122 valence electrons. The van der Waals surface area contributed by atoms with Gasteiger partial charge < -0.3 is 5.32 Å². The van der Waals surface area contributed by atoms with E-state index < -0.39 is 0 Å². The van der Waals surface area contributed by atoms with Crippen LogP contribution in [0.4, 0.5) is 0 Å². The third-order valence-electron chi connectivity index (χ3n) is 3.91. The van der Waals surface area contributed by atoms with Gasteiger partial charge in [0.1, 0.15) is 0 Å². The fourth-order valence-electron chi connectivity index (χ4n) is 2.88. The molecule has 24 heavy (non-hydrogen) atoms. The van der Waals surface area contributed by atoms with Gasteiger partial charge in [-0.25, -0.2) is 9.97 Å². The molecular formula is C16H16N6OS. The lowest BCUT2D eigenvalue weighted by molar-refractivity contribution is 0.0952. The molecule has 1 amide bonds. The second-order valence-corrected chi connectivity index (χ2v) is 6.60. The van der Waals surface area contributed by atoms with Crippen LogP contribution < -0.4 is 5.32 Å². The van der Waals surface area contributed by atoms with Crippen molar-refractivity contribution >= 4 is 33.2 Å². The van der Waals surface area contributed by atoms with Crippen LogP contribution in [-0.4, -0.2) is 30.1 Å². The van der Waals surface area contributed by atoms with Crippen molar-refractivity contribution in [3.8, 4) is 0 Å². The molecule has 4 aromatic heterocycles. The van der Waals surface area contributed by atoms with Crippen LogP contribution in [0.2, 0.25) is 0 Å². The molecule has 0 saturated carbocycles. The highest BCUT2D eigenvalue weighted by molar-refractivity contribution is 7.15. The summed E-state index contributed by atoms with van der Waals surface area (Å²) < 4.78 is 3.66. The average Bonchev–Trinajstić information content (AvgIpc) is 3.19. The summed E-state index contributed by atoms with van der Waals surface area (Å²) in [6.07, 6.45) is 3.88. The van der Waals surface area contributed by atoms with Gasteiger partial charge in [-0.05, 0) is 19.9 Å². The lowest BCUT2D eigenvalue weighted by Crippen LogP contribution is -2.23. The van der Waals surface area contributed by atoms with Gasteiger partial charge in [0, 0.05) is 30.5 Å². The number of hydrogen-bond donors (Lipinski definition) is 1. The zero-order valence-electron chi connectivity index (χ0n) is 13.6. The van der Waals surface area contributed by atoms with Crippen LogP contribution in [0, 0.1) is 13.8 Å². The fourth-order valence-corrected chi connectivity index (χ4v) is 3.60. The number of thiazole rings is 1. The first-order valence-corrected chi connectivity index (χ1v) is 8.41. The number of aryl methyl sites for hydroxylation is 3. The van der Waals surface area contributed by atoms with Crippen LogP contribution in [0.15, 0.2) is 23.8 Å². The second-order valence-electron chi connectivity index (χ2n) is 5.73. The first-order chi connectivity index (χ1) is 11.5. The number of aromatic nitrogens is 5. The van der Waals surface area contributed by atoms with Crippen LogP contribution in [0.5, 0.6) is 0 Å². The third kappa shape index (κ3) is 2.35. The highest BCUT2D eigenvalue weighted by atomic mass is 32.1. The van der Waals surface area contributed by atoms with E-state index in [4.69, 9.17) is 0 Å². The van der Waals surface area contributed by atoms with Crippen molar-refractivity contribution in [1.29, 1.82) is 0 Å². The van der Waals surface area contributed by atoms with Crippen LogP contribution in [0.25, 0.3) is 16.0 Å². The number of nitrogens with zero attached hydrogens (tertiary/aromatic N) is 5. The number of imidazole rings is 1. The minimum absolute atomic E-state index is 0.141. The van der Waals surface area contributed by atoms with Crippen LogP contribution >= 0.6 is 11.3 Å². The molecular weight excluding hydrogens is 324 g/mol. The Labute approximate surface area is 142 Å². The van der Waals surface area contributed by atoms with Gasteiger partial charge in [0.2, 0.25) is 0 Å². The van der Waals surface area contributed by atoms with E-state index in [0.717, 1.165) is 33.1 Å². The molecule has 0 atom stereocenters. The summed E-state index contributed by atoms with van der Waals surface area (Å²) in [5.74, 6) is -0.141. The number of pyridine rings is 1. The fraction of sp³-hybridized carbons (Fsp3) is 0.250. The summed E-state index contributed by atoms with van der Waals surface area (Å²) >= 11 is 1.57. The summed E-state index contributed by atoms with van der Waals surface area (Å²) in [4.78, 5) is 22.6. The molecule has 8 heteroatoms. The van der Waals surface area contributed by atoms with E-state index in [1.165, 1.54) is 0 Å². The first kappa shape index (κ1) is 14.8. The van der Waals surface area contributed by atoms with Gasteiger partial charge in [-0.2, -0.15) is 5.10 Å². The molecule has 0 unspecified atom stereocenters. The maximum Gasteiger partial charge on any atom is 0.252 e. The Morgan fingerprint density at radius 2 is 2.17 bits per heavy atom.